The molecule has 0 fully saturated rings. The van der Waals surface area contributed by atoms with Gasteiger partial charge in [-0.25, -0.2) is 8.78 Å². The smallest absolute Gasteiger partial charge is 0.239 e. The standard InChI is InChI=1S/C19H20F2N2O3/c1-19(2,18(25)23-13-8-9-14(20)15(21)10-13)17(24)22-11-12-6-4-5-7-16(12)26-3/h4-10H,11H2,1-3H3,(H,22,24)(H,23,25). The fourth-order valence-corrected chi connectivity index (χ4v) is 2.21. The number of halogens is 2. The summed E-state index contributed by atoms with van der Waals surface area (Å²) in [5.41, 5.74) is -0.591. The van der Waals surface area contributed by atoms with E-state index in [0.717, 1.165) is 17.7 Å². The molecule has 5 nitrogen and oxygen atoms in total. The van der Waals surface area contributed by atoms with Crippen LogP contribution in [0.4, 0.5) is 14.5 Å². The van der Waals surface area contributed by atoms with Gasteiger partial charge >= 0.3 is 0 Å². The van der Waals surface area contributed by atoms with E-state index in [4.69, 9.17) is 4.74 Å². The minimum atomic E-state index is -1.42. The zero-order chi connectivity index (χ0) is 19.3. The molecule has 0 heterocycles. The Bertz CT molecular complexity index is 822. The molecule has 0 aromatic heterocycles. The second-order valence-electron chi connectivity index (χ2n) is 6.20. The van der Waals surface area contributed by atoms with Crippen LogP contribution in [0, 0.1) is 17.0 Å². The van der Waals surface area contributed by atoms with Crippen LogP contribution in [-0.4, -0.2) is 18.9 Å². The molecule has 0 radical (unpaired) electrons. The van der Waals surface area contributed by atoms with Crippen molar-refractivity contribution < 1.29 is 23.1 Å². The van der Waals surface area contributed by atoms with Crippen LogP contribution in [0.1, 0.15) is 19.4 Å². The highest BCUT2D eigenvalue weighted by molar-refractivity contribution is 6.09. The van der Waals surface area contributed by atoms with Gasteiger partial charge in [0.15, 0.2) is 11.6 Å². The lowest BCUT2D eigenvalue weighted by Gasteiger charge is -2.23. The molecule has 0 saturated heterocycles. The largest absolute Gasteiger partial charge is 0.496 e. The van der Waals surface area contributed by atoms with Gasteiger partial charge in [0.1, 0.15) is 11.2 Å². The number of methoxy groups -OCH3 is 1. The first-order valence-electron chi connectivity index (χ1n) is 7.92. The molecule has 2 N–H and O–H groups in total. The number of anilines is 1. The molecule has 0 aliphatic carbocycles. The average molecular weight is 362 g/mol. The summed E-state index contributed by atoms with van der Waals surface area (Å²) in [5, 5.41) is 5.11. The average Bonchev–Trinajstić information content (AvgIpc) is 2.62. The monoisotopic (exact) mass is 362 g/mol. The van der Waals surface area contributed by atoms with Crippen LogP contribution in [0.15, 0.2) is 42.5 Å². The molecule has 138 valence electrons. The number of para-hydroxylation sites is 1. The Labute approximate surface area is 150 Å². The molecule has 0 unspecified atom stereocenters. The zero-order valence-electron chi connectivity index (χ0n) is 14.7. The van der Waals surface area contributed by atoms with E-state index in [9.17, 15) is 18.4 Å². The van der Waals surface area contributed by atoms with E-state index < -0.39 is 28.9 Å². The van der Waals surface area contributed by atoms with Crippen molar-refractivity contribution in [3.63, 3.8) is 0 Å². The Morgan fingerprint density at radius 1 is 1.04 bits per heavy atom. The summed E-state index contributed by atoms with van der Waals surface area (Å²) in [6.45, 7) is 3.07. The second-order valence-corrected chi connectivity index (χ2v) is 6.20. The maximum Gasteiger partial charge on any atom is 0.239 e. The Kier molecular flexibility index (Phi) is 5.92. The third kappa shape index (κ3) is 4.36. The summed E-state index contributed by atoms with van der Waals surface area (Å²) in [6.07, 6.45) is 0. The van der Waals surface area contributed by atoms with Crippen molar-refractivity contribution in [3.8, 4) is 5.75 Å². The molecule has 0 bridgehead atoms. The Morgan fingerprint density at radius 3 is 2.38 bits per heavy atom. The molecule has 0 aliphatic heterocycles. The molecule has 2 aromatic carbocycles. The molecule has 2 amide bonds. The molecular formula is C19H20F2N2O3. The highest BCUT2D eigenvalue weighted by atomic mass is 19.2. The number of ether oxygens (including phenoxy) is 1. The lowest BCUT2D eigenvalue weighted by molar-refractivity contribution is -0.138. The fraction of sp³-hybridized carbons (Fsp3) is 0.263. The highest BCUT2D eigenvalue weighted by Crippen LogP contribution is 2.22. The molecule has 0 saturated carbocycles. The number of nitrogens with one attached hydrogen (secondary N) is 2. The summed E-state index contributed by atoms with van der Waals surface area (Å²) in [4.78, 5) is 24.8. The Hall–Kier alpha value is -2.96. The molecule has 0 aliphatic rings. The predicted molar refractivity (Wildman–Crippen MR) is 93.6 cm³/mol. The maximum atomic E-state index is 13.2. The number of amides is 2. The van der Waals surface area contributed by atoms with Gasteiger partial charge in [-0.3, -0.25) is 9.59 Å². The van der Waals surface area contributed by atoms with Crippen LogP contribution < -0.4 is 15.4 Å². The van der Waals surface area contributed by atoms with Crippen molar-refractivity contribution in [2.75, 3.05) is 12.4 Å². The first kappa shape index (κ1) is 19.4. The van der Waals surface area contributed by atoms with E-state index >= 15 is 0 Å². The first-order valence-corrected chi connectivity index (χ1v) is 7.92. The van der Waals surface area contributed by atoms with Crippen molar-refractivity contribution >= 4 is 17.5 Å². The fourth-order valence-electron chi connectivity index (χ4n) is 2.21. The normalized spacial score (nSPS) is 11.0. The summed E-state index contributed by atoms with van der Waals surface area (Å²) < 4.78 is 31.4. The van der Waals surface area contributed by atoms with Crippen molar-refractivity contribution in [1.29, 1.82) is 0 Å². The van der Waals surface area contributed by atoms with Gasteiger partial charge in [-0.15, -0.1) is 0 Å². The number of carbonyl (C=O) groups is 2. The number of rotatable bonds is 6. The minimum absolute atomic E-state index is 0.0690. The molecule has 7 heteroatoms. The maximum absolute atomic E-state index is 13.2. The van der Waals surface area contributed by atoms with E-state index in [1.54, 1.807) is 12.1 Å². The third-order valence-corrected chi connectivity index (χ3v) is 3.94. The molecule has 2 aromatic rings. The molecule has 0 atom stereocenters. The van der Waals surface area contributed by atoms with Crippen molar-refractivity contribution in [1.82, 2.24) is 5.32 Å². The first-order chi connectivity index (χ1) is 12.3. The van der Waals surface area contributed by atoms with Crippen molar-refractivity contribution in [3.05, 3.63) is 59.7 Å². The SMILES string of the molecule is COc1ccccc1CNC(=O)C(C)(C)C(=O)Nc1ccc(F)c(F)c1. The van der Waals surface area contributed by atoms with Crippen molar-refractivity contribution in [2.45, 2.75) is 20.4 Å². The second kappa shape index (κ2) is 7.95. The van der Waals surface area contributed by atoms with Gasteiger partial charge in [0, 0.05) is 23.9 Å². The minimum Gasteiger partial charge on any atom is -0.496 e. The predicted octanol–water partition coefficient (Wildman–Crippen LogP) is 3.25. The van der Waals surface area contributed by atoms with Crippen LogP contribution >= 0.6 is 0 Å². The topological polar surface area (TPSA) is 67.4 Å². The van der Waals surface area contributed by atoms with E-state index in [1.165, 1.54) is 27.0 Å². The molecule has 0 spiro atoms. The lowest BCUT2D eigenvalue weighted by Crippen LogP contribution is -2.44. The van der Waals surface area contributed by atoms with Gasteiger partial charge in [-0.05, 0) is 32.0 Å². The van der Waals surface area contributed by atoms with Gasteiger partial charge in [-0.1, -0.05) is 18.2 Å². The van der Waals surface area contributed by atoms with Crippen LogP contribution in [0.5, 0.6) is 5.75 Å². The summed E-state index contributed by atoms with van der Waals surface area (Å²) in [5.74, 6) is -2.63. The zero-order valence-corrected chi connectivity index (χ0v) is 14.7. The molecular weight excluding hydrogens is 342 g/mol. The summed E-state index contributed by atoms with van der Waals surface area (Å²) >= 11 is 0. The van der Waals surface area contributed by atoms with E-state index in [-0.39, 0.29) is 12.2 Å². The quantitative estimate of drug-likeness (QED) is 0.775. The highest BCUT2D eigenvalue weighted by Gasteiger charge is 2.36. The van der Waals surface area contributed by atoms with Gasteiger partial charge in [0.2, 0.25) is 11.8 Å². The van der Waals surface area contributed by atoms with Crippen LogP contribution in [-0.2, 0) is 16.1 Å². The number of benzene rings is 2. The third-order valence-electron chi connectivity index (χ3n) is 3.94. The van der Waals surface area contributed by atoms with Crippen LogP contribution in [0.2, 0.25) is 0 Å². The van der Waals surface area contributed by atoms with E-state index in [2.05, 4.69) is 10.6 Å². The lowest BCUT2D eigenvalue weighted by atomic mass is 9.90. The van der Waals surface area contributed by atoms with Crippen LogP contribution in [0.25, 0.3) is 0 Å². The van der Waals surface area contributed by atoms with Gasteiger partial charge in [0.05, 0.1) is 7.11 Å². The number of hydrogen-bond donors (Lipinski definition) is 2. The van der Waals surface area contributed by atoms with Crippen LogP contribution in [0.3, 0.4) is 0 Å². The van der Waals surface area contributed by atoms with Crippen molar-refractivity contribution in [2.24, 2.45) is 5.41 Å². The van der Waals surface area contributed by atoms with E-state index in [1.807, 2.05) is 12.1 Å². The Morgan fingerprint density at radius 2 is 1.73 bits per heavy atom. The number of hydrogen-bond acceptors (Lipinski definition) is 3. The molecule has 2 rings (SSSR count). The Balaban J connectivity index is 2.03. The van der Waals surface area contributed by atoms with Gasteiger partial charge in [-0.2, -0.15) is 0 Å². The number of carbonyl (C=O) groups excluding carboxylic acids is 2. The molecule has 26 heavy (non-hydrogen) atoms. The van der Waals surface area contributed by atoms with Gasteiger partial charge < -0.3 is 15.4 Å². The summed E-state index contributed by atoms with van der Waals surface area (Å²) in [7, 11) is 1.53. The van der Waals surface area contributed by atoms with Gasteiger partial charge in [0.25, 0.3) is 0 Å². The van der Waals surface area contributed by atoms with E-state index in [0.29, 0.717) is 5.75 Å². The summed E-state index contributed by atoms with van der Waals surface area (Å²) in [6, 6.07) is 10.2.